The Balaban J connectivity index is 1.81. The van der Waals surface area contributed by atoms with Gasteiger partial charge in [0.25, 0.3) is 11.4 Å². The molecule has 0 aliphatic carbocycles. The number of hydrogen-bond donors (Lipinski definition) is 1. The van der Waals surface area contributed by atoms with Gasteiger partial charge in [0, 0.05) is 22.1 Å². The molecule has 4 rings (SSSR count). The zero-order chi connectivity index (χ0) is 18.3. The summed E-state index contributed by atoms with van der Waals surface area (Å²) in [5.74, 6) is 0.763. The number of halogens is 1. The van der Waals surface area contributed by atoms with Crippen LogP contribution in [0.25, 0.3) is 33.7 Å². The van der Waals surface area contributed by atoms with Gasteiger partial charge in [-0.25, -0.2) is 4.79 Å². The van der Waals surface area contributed by atoms with Crippen LogP contribution in [0.3, 0.4) is 0 Å². The van der Waals surface area contributed by atoms with Crippen LogP contribution in [0, 0.1) is 0 Å². The van der Waals surface area contributed by atoms with Crippen molar-refractivity contribution in [3.05, 3.63) is 67.8 Å². The van der Waals surface area contributed by atoms with Gasteiger partial charge < -0.3 is 9.51 Å². The molecule has 0 amide bonds. The lowest BCUT2D eigenvalue weighted by Crippen LogP contribution is -2.34. The van der Waals surface area contributed by atoms with Gasteiger partial charge in [-0.3, -0.25) is 9.36 Å². The molecule has 0 fully saturated rings. The fourth-order valence-corrected chi connectivity index (χ4v) is 3.16. The Bertz CT molecular complexity index is 1240. The quantitative estimate of drug-likeness (QED) is 0.557. The fraction of sp³-hybridized carbons (Fsp3) is 0.111. The predicted octanol–water partition coefficient (Wildman–Crippen LogP) is 3.19. The highest BCUT2D eigenvalue weighted by molar-refractivity contribution is 9.10. The Morgan fingerprint density at radius 1 is 1.15 bits per heavy atom. The maximum atomic E-state index is 12.3. The molecule has 0 bridgehead atoms. The van der Waals surface area contributed by atoms with Crippen LogP contribution in [0.15, 0.2) is 61.0 Å². The van der Waals surface area contributed by atoms with E-state index in [-0.39, 0.29) is 5.56 Å². The topological polar surface area (TPSA) is 93.8 Å². The van der Waals surface area contributed by atoms with Crippen molar-refractivity contribution in [2.75, 3.05) is 0 Å². The highest BCUT2D eigenvalue weighted by Gasteiger charge is 2.13. The summed E-state index contributed by atoms with van der Waals surface area (Å²) in [5, 5.41) is 4.43. The molecule has 0 spiro atoms. The number of H-pyrrole nitrogens is 1. The maximum Gasteiger partial charge on any atom is 0.328 e. The first-order valence-corrected chi connectivity index (χ1v) is 8.73. The number of benzene rings is 2. The molecule has 1 N–H and O–H groups in total. The SMILES string of the molecule is CCn1c(=O)[nH]c2cc(-c3nc(-c4cccc(Br)c4)no3)ccc2c1=O. The van der Waals surface area contributed by atoms with Crippen LogP contribution in [0.1, 0.15) is 6.92 Å². The van der Waals surface area contributed by atoms with E-state index in [1.54, 1.807) is 25.1 Å². The number of rotatable bonds is 3. The molecule has 2 heterocycles. The zero-order valence-electron chi connectivity index (χ0n) is 13.7. The van der Waals surface area contributed by atoms with E-state index in [1.807, 2.05) is 24.3 Å². The molecule has 2 aromatic carbocycles. The van der Waals surface area contributed by atoms with Crippen LogP contribution < -0.4 is 11.2 Å². The Kier molecular flexibility index (Phi) is 4.04. The molecule has 0 aliphatic rings. The van der Waals surface area contributed by atoms with Crippen molar-refractivity contribution in [3.8, 4) is 22.8 Å². The summed E-state index contributed by atoms with van der Waals surface area (Å²) < 4.78 is 7.41. The second-order valence-electron chi connectivity index (χ2n) is 5.67. The predicted molar refractivity (Wildman–Crippen MR) is 101 cm³/mol. The lowest BCUT2D eigenvalue weighted by atomic mass is 10.1. The fourth-order valence-electron chi connectivity index (χ4n) is 2.76. The van der Waals surface area contributed by atoms with E-state index in [9.17, 15) is 9.59 Å². The third-order valence-electron chi connectivity index (χ3n) is 4.05. The minimum atomic E-state index is -0.442. The van der Waals surface area contributed by atoms with Gasteiger partial charge in [-0.05, 0) is 37.3 Å². The molecule has 0 saturated heterocycles. The summed E-state index contributed by atoms with van der Waals surface area (Å²) in [4.78, 5) is 31.5. The number of nitrogens with one attached hydrogen (secondary N) is 1. The summed E-state index contributed by atoms with van der Waals surface area (Å²) in [6, 6.07) is 12.6. The van der Waals surface area contributed by atoms with Crippen LogP contribution in [0.2, 0.25) is 0 Å². The summed E-state index contributed by atoms with van der Waals surface area (Å²) in [6.45, 7) is 2.06. The van der Waals surface area contributed by atoms with Crippen molar-refractivity contribution in [1.29, 1.82) is 0 Å². The molecule has 4 aromatic rings. The standard InChI is InChI=1S/C18H13BrN4O3/c1-2-23-17(24)13-7-6-11(9-14(13)20-18(23)25)16-21-15(22-26-16)10-4-3-5-12(19)8-10/h3-9H,2H2,1H3,(H,20,25). The molecular weight excluding hydrogens is 400 g/mol. The molecule has 2 aromatic heterocycles. The Labute approximate surface area is 155 Å². The molecule has 8 heteroatoms. The van der Waals surface area contributed by atoms with Crippen molar-refractivity contribution >= 4 is 26.8 Å². The molecule has 0 aliphatic heterocycles. The van der Waals surface area contributed by atoms with Crippen LogP contribution in [-0.4, -0.2) is 19.7 Å². The van der Waals surface area contributed by atoms with E-state index < -0.39 is 5.69 Å². The Morgan fingerprint density at radius 2 is 2.00 bits per heavy atom. The second-order valence-corrected chi connectivity index (χ2v) is 6.59. The molecule has 7 nitrogen and oxygen atoms in total. The van der Waals surface area contributed by atoms with Crippen molar-refractivity contribution in [3.63, 3.8) is 0 Å². The average molecular weight is 413 g/mol. The monoisotopic (exact) mass is 412 g/mol. The second kappa shape index (κ2) is 6.38. The van der Waals surface area contributed by atoms with E-state index in [1.165, 1.54) is 0 Å². The number of aromatic amines is 1. The first-order valence-electron chi connectivity index (χ1n) is 7.93. The third-order valence-corrected chi connectivity index (χ3v) is 4.55. The van der Waals surface area contributed by atoms with Gasteiger partial charge in [0.2, 0.25) is 5.82 Å². The van der Waals surface area contributed by atoms with Gasteiger partial charge in [0.15, 0.2) is 0 Å². The largest absolute Gasteiger partial charge is 0.334 e. The smallest absolute Gasteiger partial charge is 0.328 e. The van der Waals surface area contributed by atoms with Gasteiger partial charge in [-0.15, -0.1) is 0 Å². The molecule has 130 valence electrons. The number of aromatic nitrogens is 4. The lowest BCUT2D eigenvalue weighted by Gasteiger charge is -2.04. The zero-order valence-corrected chi connectivity index (χ0v) is 15.3. The summed E-state index contributed by atoms with van der Waals surface area (Å²) in [5.41, 5.74) is 1.11. The van der Waals surface area contributed by atoms with E-state index in [4.69, 9.17) is 4.52 Å². The van der Waals surface area contributed by atoms with Crippen molar-refractivity contribution < 1.29 is 4.52 Å². The van der Waals surface area contributed by atoms with Gasteiger partial charge in [0.1, 0.15) is 0 Å². The minimum absolute atomic E-state index is 0.308. The van der Waals surface area contributed by atoms with Crippen LogP contribution in [-0.2, 0) is 6.54 Å². The van der Waals surface area contributed by atoms with E-state index in [0.717, 1.165) is 14.6 Å². The van der Waals surface area contributed by atoms with Crippen molar-refractivity contribution in [2.24, 2.45) is 0 Å². The van der Waals surface area contributed by atoms with E-state index in [0.29, 0.717) is 34.7 Å². The molecular formula is C18H13BrN4O3. The van der Waals surface area contributed by atoms with Gasteiger partial charge in [0.05, 0.1) is 10.9 Å². The average Bonchev–Trinajstić information content (AvgIpc) is 3.12. The van der Waals surface area contributed by atoms with E-state index >= 15 is 0 Å². The van der Waals surface area contributed by atoms with Gasteiger partial charge in [-0.2, -0.15) is 4.98 Å². The first-order chi connectivity index (χ1) is 12.6. The van der Waals surface area contributed by atoms with Gasteiger partial charge in [-0.1, -0.05) is 33.2 Å². The summed E-state index contributed by atoms with van der Waals surface area (Å²) in [6.07, 6.45) is 0. The number of fused-ring (bicyclic) bond motifs is 1. The van der Waals surface area contributed by atoms with Crippen LogP contribution >= 0.6 is 15.9 Å². The minimum Gasteiger partial charge on any atom is -0.334 e. The van der Waals surface area contributed by atoms with Gasteiger partial charge >= 0.3 is 5.69 Å². The highest BCUT2D eigenvalue weighted by Crippen LogP contribution is 2.25. The van der Waals surface area contributed by atoms with Crippen molar-refractivity contribution in [1.82, 2.24) is 19.7 Å². The highest BCUT2D eigenvalue weighted by atomic mass is 79.9. The number of hydrogen-bond acceptors (Lipinski definition) is 5. The first kappa shape index (κ1) is 16.5. The van der Waals surface area contributed by atoms with Crippen molar-refractivity contribution in [2.45, 2.75) is 13.5 Å². The summed E-state index contributed by atoms with van der Waals surface area (Å²) >= 11 is 3.41. The summed E-state index contributed by atoms with van der Waals surface area (Å²) in [7, 11) is 0. The van der Waals surface area contributed by atoms with E-state index in [2.05, 4.69) is 31.1 Å². The molecule has 0 unspecified atom stereocenters. The maximum absolute atomic E-state index is 12.3. The van der Waals surface area contributed by atoms with Crippen LogP contribution in [0.4, 0.5) is 0 Å². The lowest BCUT2D eigenvalue weighted by molar-refractivity contribution is 0.432. The molecule has 0 saturated carbocycles. The number of nitrogens with zero attached hydrogens (tertiary/aromatic N) is 3. The Morgan fingerprint density at radius 3 is 2.77 bits per heavy atom. The Hall–Kier alpha value is -3.00. The molecule has 0 radical (unpaired) electrons. The van der Waals surface area contributed by atoms with Crippen LogP contribution in [0.5, 0.6) is 0 Å². The normalized spacial score (nSPS) is 11.2. The molecule has 26 heavy (non-hydrogen) atoms. The third kappa shape index (κ3) is 2.78. The molecule has 0 atom stereocenters.